The lowest BCUT2D eigenvalue weighted by Gasteiger charge is -2.27. The third-order valence-electron chi connectivity index (χ3n) is 4.15. The predicted molar refractivity (Wildman–Crippen MR) is 91.0 cm³/mol. The van der Waals surface area contributed by atoms with Crippen molar-refractivity contribution in [3.63, 3.8) is 0 Å². The Morgan fingerprint density at radius 3 is 2.41 bits per heavy atom. The van der Waals surface area contributed by atoms with Crippen molar-refractivity contribution in [3.8, 4) is 0 Å². The minimum atomic E-state index is -3.08. The van der Waals surface area contributed by atoms with Gasteiger partial charge < -0.3 is 10.2 Å². The van der Waals surface area contributed by atoms with Gasteiger partial charge in [-0.1, -0.05) is 19.1 Å². The fraction of sp³-hybridized carbons (Fsp3) is 0.647. The van der Waals surface area contributed by atoms with E-state index in [0.717, 1.165) is 39.0 Å². The van der Waals surface area contributed by atoms with Crippen LogP contribution in [0.5, 0.6) is 0 Å². The number of unbranched alkanes of at least 4 members (excludes halogenated alkanes) is 1. The highest BCUT2D eigenvalue weighted by Gasteiger charge is 2.12. The van der Waals surface area contributed by atoms with Crippen molar-refractivity contribution in [2.45, 2.75) is 37.5 Å². The van der Waals surface area contributed by atoms with Crippen molar-refractivity contribution in [2.24, 2.45) is 0 Å². The molecule has 0 aromatic heterocycles. The number of nitrogens with one attached hydrogen (secondary N) is 1. The lowest BCUT2D eigenvalue weighted by molar-refractivity contribution is 0.237. The number of nitrogens with zero attached hydrogens (tertiary/aromatic N) is 1. The highest BCUT2D eigenvalue weighted by atomic mass is 32.2. The first kappa shape index (κ1) is 17.4. The molecule has 1 N–H and O–H groups in total. The van der Waals surface area contributed by atoms with Gasteiger partial charge in [-0.25, -0.2) is 8.42 Å². The van der Waals surface area contributed by atoms with Gasteiger partial charge in [0.05, 0.1) is 10.6 Å². The Morgan fingerprint density at radius 1 is 1.09 bits per heavy atom. The first-order chi connectivity index (χ1) is 10.6. The van der Waals surface area contributed by atoms with E-state index >= 15 is 0 Å². The maximum atomic E-state index is 12.0. The van der Waals surface area contributed by atoms with Crippen molar-refractivity contribution < 1.29 is 8.42 Å². The fourth-order valence-corrected chi connectivity index (χ4v) is 4.17. The molecule has 5 heteroatoms. The van der Waals surface area contributed by atoms with Crippen LogP contribution in [0.3, 0.4) is 0 Å². The molecule has 1 aromatic carbocycles. The Hall–Kier alpha value is -0.910. The molecule has 2 rings (SSSR count). The summed E-state index contributed by atoms with van der Waals surface area (Å²) in [6.07, 6.45) is 4.05. The average molecular weight is 324 g/mol. The Kier molecular flexibility index (Phi) is 6.86. The number of hydrogen-bond acceptors (Lipinski definition) is 4. The second-order valence-electron chi connectivity index (χ2n) is 6.01. The van der Waals surface area contributed by atoms with Gasteiger partial charge >= 0.3 is 0 Å². The van der Waals surface area contributed by atoms with Crippen LogP contribution in [0.4, 0.5) is 0 Å². The zero-order chi connectivity index (χ0) is 15.8. The lowest BCUT2D eigenvalue weighted by atomic mass is 10.1. The van der Waals surface area contributed by atoms with Crippen LogP contribution in [0, 0.1) is 0 Å². The zero-order valence-corrected chi connectivity index (χ0v) is 14.4. The van der Waals surface area contributed by atoms with E-state index < -0.39 is 9.84 Å². The van der Waals surface area contributed by atoms with Crippen LogP contribution in [0.1, 0.15) is 31.7 Å². The summed E-state index contributed by atoms with van der Waals surface area (Å²) in [5.74, 6) is 0.233. The third-order valence-corrected chi connectivity index (χ3v) is 6.09. The fourth-order valence-electron chi connectivity index (χ4n) is 2.85. The summed E-state index contributed by atoms with van der Waals surface area (Å²) in [6.45, 7) is 7.59. The molecule has 1 aliphatic rings. The first-order valence-electron chi connectivity index (χ1n) is 8.36. The Bertz CT molecular complexity index is 534. The Balaban J connectivity index is 1.74. The highest BCUT2D eigenvalue weighted by molar-refractivity contribution is 7.91. The summed E-state index contributed by atoms with van der Waals surface area (Å²) in [5.41, 5.74) is 1.23. The minimum absolute atomic E-state index is 0.233. The molecule has 0 unspecified atom stereocenters. The van der Waals surface area contributed by atoms with Crippen molar-refractivity contribution in [3.05, 3.63) is 29.8 Å². The van der Waals surface area contributed by atoms with Gasteiger partial charge in [-0.2, -0.15) is 0 Å². The van der Waals surface area contributed by atoms with Gasteiger partial charge in [-0.05, 0) is 49.9 Å². The van der Waals surface area contributed by atoms with Crippen LogP contribution in [0.15, 0.2) is 29.2 Å². The second-order valence-corrected chi connectivity index (χ2v) is 8.12. The van der Waals surface area contributed by atoms with Crippen LogP contribution in [-0.2, 0) is 16.3 Å². The van der Waals surface area contributed by atoms with Crippen LogP contribution < -0.4 is 5.32 Å². The van der Waals surface area contributed by atoms with Gasteiger partial charge in [-0.3, -0.25) is 0 Å². The number of piperazine rings is 1. The molecule has 1 fully saturated rings. The second kappa shape index (κ2) is 8.65. The molecule has 4 nitrogen and oxygen atoms in total. The number of rotatable bonds is 8. The average Bonchev–Trinajstić information content (AvgIpc) is 2.53. The molecule has 1 heterocycles. The van der Waals surface area contributed by atoms with E-state index in [1.54, 1.807) is 12.1 Å². The smallest absolute Gasteiger partial charge is 0.178 e. The van der Waals surface area contributed by atoms with Crippen LogP contribution >= 0.6 is 0 Å². The van der Waals surface area contributed by atoms with E-state index in [1.807, 2.05) is 19.1 Å². The summed E-state index contributed by atoms with van der Waals surface area (Å²) in [6, 6.07) is 7.45. The summed E-state index contributed by atoms with van der Waals surface area (Å²) in [5, 5.41) is 3.37. The minimum Gasteiger partial charge on any atom is -0.314 e. The lowest BCUT2D eigenvalue weighted by Crippen LogP contribution is -2.43. The molecule has 22 heavy (non-hydrogen) atoms. The molecule has 0 spiro atoms. The van der Waals surface area contributed by atoms with Crippen molar-refractivity contribution in [1.82, 2.24) is 10.2 Å². The molecule has 0 aliphatic carbocycles. The molecule has 0 bridgehead atoms. The normalized spacial score (nSPS) is 16.8. The van der Waals surface area contributed by atoms with E-state index in [9.17, 15) is 8.42 Å². The quantitative estimate of drug-likeness (QED) is 0.744. The molecule has 1 aliphatic heterocycles. The van der Waals surface area contributed by atoms with Crippen LogP contribution in [0.25, 0.3) is 0 Å². The van der Waals surface area contributed by atoms with Crippen LogP contribution in [-0.4, -0.2) is 51.8 Å². The van der Waals surface area contributed by atoms with Gasteiger partial charge in [0.25, 0.3) is 0 Å². The number of benzene rings is 1. The standard InChI is InChI=1S/C17H28N2O2S/c1-2-15-22(20,21)17-8-6-16(7-9-17)5-3-4-12-19-13-10-18-11-14-19/h6-9,18H,2-5,10-15H2,1H3. The maximum absolute atomic E-state index is 12.0. The van der Waals surface area contributed by atoms with Gasteiger partial charge in [0, 0.05) is 26.2 Å². The molecular weight excluding hydrogens is 296 g/mol. The van der Waals surface area contributed by atoms with Crippen molar-refractivity contribution >= 4 is 9.84 Å². The first-order valence-corrected chi connectivity index (χ1v) is 10.0. The topological polar surface area (TPSA) is 49.4 Å². The van der Waals surface area contributed by atoms with Crippen LogP contribution in [0.2, 0.25) is 0 Å². The van der Waals surface area contributed by atoms with E-state index in [4.69, 9.17) is 0 Å². The summed E-state index contributed by atoms with van der Waals surface area (Å²) in [4.78, 5) is 2.97. The molecule has 0 amide bonds. The highest BCUT2D eigenvalue weighted by Crippen LogP contribution is 2.15. The van der Waals surface area contributed by atoms with Gasteiger partial charge in [0.15, 0.2) is 9.84 Å². The van der Waals surface area contributed by atoms with Gasteiger partial charge in [-0.15, -0.1) is 0 Å². The summed E-state index contributed by atoms with van der Waals surface area (Å²) in [7, 11) is -3.08. The van der Waals surface area contributed by atoms with E-state index in [0.29, 0.717) is 11.3 Å². The van der Waals surface area contributed by atoms with E-state index in [-0.39, 0.29) is 5.75 Å². The Labute approximate surface area is 134 Å². The molecule has 124 valence electrons. The number of hydrogen-bond donors (Lipinski definition) is 1. The molecular formula is C17H28N2O2S. The maximum Gasteiger partial charge on any atom is 0.178 e. The van der Waals surface area contributed by atoms with E-state index in [1.165, 1.54) is 18.5 Å². The van der Waals surface area contributed by atoms with Gasteiger partial charge in [0.1, 0.15) is 0 Å². The molecule has 0 saturated carbocycles. The Morgan fingerprint density at radius 2 is 1.77 bits per heavy atom. The SMILES string of the molecule is CCCS(=O)(=O)c1ccc(CCCCN2CCNCC2)cc1. The number of sulfone groups is 1. The summed E-state index contributed by atoms with van der Waals surface area (Å²) < 4.78 is 23.9. The molecule has 1 aromatic rings. The van der Waals surface area contributed by atoms with E-state index in [2.05, 4.69) is 10.2 Å². The zero-order valence-electron chi connectivity index (χ0n) is 13.6. The molecule has 0 radical (unpaired) electrons. The predicted octanol–water partition coefficient (Wildman–Crippen LogP) is 2.10. The van der Waals surface area contributed by atoms with Gasteiger partial charge in [0.2, 0.25) is 0 Å². The molecule has 0 atom stereocenters. The van der Waals surface area contributed by atoms with Crippen molar-refractivity contribution in [1.29, 1.82) is 0 Å². The monoisotopic (exact) mass is 324 g/mol. The largest absolute Gasteiger partial charge is 0.314 e. The number of aryl methyl sites for hydroxylation is 1. The van der Waals surface area contributed by atoms with Crippen molar-refractivity contribution in [2.75, 3.05) is 38.5 Å². The summed E-state index contributed by atoms with van der Waals surface area (Å²) >= 11 is 0. The molecule has 1 saturated heterocycles. The third kappa shape index (κ3) is 5.38.